The number of hydrogen-bond acceptors (Lipinski definition) is 3. The summed E-state index contributed by atoms with van der Waals surface area (Å²) in [5.41, 5.74) is 6.36. The van der Waals surface area contributed by atoms with Gasteiger partial charge in [0.1, 0.15) is 11.9 Å². The van der Waals surface area contributed by atoms with Crippen LogP contribution in [-0.2, 0) is 0 Å². The highest BCUT2D eigenvalue weighted by atomic mass is 15.2. The van der Waals surface area contributed by atoms with Crippen LogP contribution < -0.4 is 11.3 Å². The van der Waals surface area contributed by atoms with Crippen LogP contribution in [0.5, 0.6) is 0 Å². The maximum absolute atomic E-state index is 5.60. The van der Waals surface area contributed by atoms with Crippen molar-refractivity contribution in [3.05, 3.63) is 53.1 Å². The summed E-state index contributed by atoms with van der Waals surface area (Å²) in [6.45, 7) is 4.14. The lowest BCUT2D eigenvalue weighted by molar-refractivity contribution is 0.605. The molecule has 2 rings (SSSR count). The van der Waals surface area contributed by atoms with Crippen LogP contribution in [0.2, 0.25) is 0 Å². The molecule has 0 amide bonds. The fraction of sp³-hybridized carbons (Fsp3) is 0.250. The molecule has 4 N–H and O–H groups in total. The van der Waals surface area contributed by atoms with Gasteiger partial charge in [0.15, 0.2) is 0 Å². The zero-order chi connectivity index (χ0) is 11.5. The van der Waals surface area contributed by atoms with Crippen LogP contribution in [0.3, 0.4) is 0 Å². The fourth-order valence-electron chi connectivity index (χ4n) is 1.82. The first-order valence-electron chi connectivity index (χ1n) is 5.25. The van der Waals surface area contributed by atoms with Crippen LogP contribution in [0.25, 0.3) is 0 Å². The van der Waals surface area contributed by atoms with Crippen LogP contribution in [0, 0.1) is 13.8 Å². The Bertz CT molecular complexity index is 462. The summed E-state index contributed by atoms with van der Waals surface area (Å²) in [7, 11) is 0. The molecule has 1 atom stereocenters. The van der Waals surface area contributed by atoms with E-state index in [0.29, 0.717) is 0 Å². The van der Waals surface area contributed by atoms with Crippen LogP contribution in [-0.4, -0.2) is 9.97 Å². The van der Waals surface area contributed by atoms with Gasteiger partial charge in [-0.1, -0.05) is 23.8 Å². The third-order valence-corrected chi connectivity index (χ3v) is 2.71. The van der Waals surface area contributed by atoms with Crippen LogP contribution in [0.1, 0.15) is 28.6 Å². The molecule has 0 aliphatic rings. The smallest absolute Gasteiger partial charge is 0.129 e. The van der Waals surface area contributed by atoms with Crippen molar-refractivity contribution in [2.24, 2.45) is 5.84 Å². The number of nitrogens with two attached hydrogens (primary N) is 1. The van der Waals surface area contributed by atoms with Crippen molar-refractivity contribution in [3.8, 4) is 0 Å². The van der Waals surface area contributed by atoms with Crippen molar-refractivity contribution in [1.29, 1.82) is 0 Å². The number of hydrogen-bond donors (Lipinski definition) is 3. The Balaban J connectivity index is 2.44. The van der Waals surface area contributed by atoms with E-state index in [-0.39, 0.29) is 6.04 Å². The Morgan fingerprint density at radius 3 is 2.81 bits per heavy atom. The number of nitrogens with one attached hydrogen (secondary N) is 2. The van der Waals surface area contributed by atoms with Gasteiger partial charge in [-0.05, 0) is 25.0 Å². The van der Waals surface area contributed by atoms with E-state index in [1.807, 2.05) is 0 Å². The quantitative estimate of drug-likeness (QED) is 0.539. The van der Waals surface area contributed by atoms with Gasteiger partial charge in [0, 0.05) is 12.4 Å². The zero-order valence-electron chi connectivity index (χ0n) is 9.49. The molecule has 1 aromatic carbocycles. The fourth-order valence-corrected chi connectivity index (χ4v) is 1.82. The summed E-state index contributed by atoms with van der Waals surface area (Å²) >= 11 is 0. The minimum Gasteiger partial charge on any atom is -0.347 e. The highest BCUT2D eigenvalue weighted by Crippen LogP contribution is 2.22. The van der Waals surface area contributed by atoms with E-state index in [1.54, 1.807) is 12.4 Å². The Morgan fingerprint density at radius 1 is 1.38 bits per heavy atom. The van der Waals surface area contributed by atoms with Crippen molar-refractivity contribution in [2.75, 3.05) is 0 Å². The van der Waals surface area contributed by atoms with Crippen LogP contribution in [0.15, 0.2) is 30.6 Å². The summed E-state index contributed by atoms with van der Waals surface area (Å²) in [6, 6.07) is 6.23. The molecular formula is C12H16N4. The van der Waals surface area contributed by atoms with Crippen molar-refractivity contribution < 1.29 is 0 Å². The van der Waals surface area contributed by atoms with Gasteiger partial charge in [0.2, 0.25) is 0 Å². The predicted octanol–water partition coefficient (Wildman–Crippen LogP) is 1.58. The molecule has 0 radical (unpaired) electrons. The van der Waals surface area contributed by atoms with Gasteiger partial charge in [0.05, 0.1) is 0 Å². The lowest BCUT2D eigenvalue weighted by Crippen LogP contribution is -2.30. The standard InChI is InChI=1S/C12H16N4/c1-8-3-4-9(2)10(7-8)11(16-13)12-14-5-6-15-12/h3-7,11,16H,13H2,1-2H3,(H,14,15). The number of aryl methyl sites for hydroxylation is 2. The Hall–Kier alpha value is -1.65. The number of benzene rings is 1. The summed E-state index contributed by atoms with van der Waals surface area (Å²) in [6.07, 6.45) is 3.52. The van der Waals surface area contributed by atoms with Crippen molar-refractivity contribution in [2.45, 2.75) is 19.9 Å². The lowest BCUT2D eigenvalue weighted by atomic mass is 9.99. The second-order valence-corrected chi connectivity index (χ2v) is 3.93. The normalized spacial score (nSPS) is 12.7. The van der Waals surface area contributed by atoms with E-state index in [2.05, 4.69) is 47.4 Å². The number of hydrazine groups is 1. The molecule has 2 aromatic rings. The van der Waals surface area contributed by atoms with Gasteiger partial charge in [0.25, 0.3) is 0 Å². The molecule has 0 spiro atoms. The average molecular weight is 216 g/mol. The van der Waals surface area contributed by atoms with E-state index < -0.39 is 0 Å². The SMILES string of the molecule is Cc1ccc(C)c(C(NN)c2ncc[nH]2)c1. The Kier molecular flexibility index (Phi) is 3.03. The second kappa shape index (κ2) is 4.47. The van der Waals surface area contributed by atoms with Gasteiger partial charge >= 0.3 is 0 Å². The molecule has 84 valence electrons. The molecule has 0 fully saturated rings. The average Bonchev–Trinajstić information content (AvgIpc) is 2.78. The number of aromatic nitrogens is 2. The second-order valence-electron chi connectivity index (χ2n) is 3.93. The van der Waals surface area contributed by atoms with Gasteiger partial charge in [-0.15, -0.1) is 0 Å². The van der Waals surface area contributed by atoms with E-state index in [1.165, 1.54) is 11.1 Å². The topological polar surface area (TPSA) is 66.7 Å². The highest BCUT2D eigenvalue weighted by Gasteiger charge is 2.16. The molecule has 0 saturated carbocycles. The van der Waals surface area contributed by atoms with Crippen LogP contribution in [0.4, 0.5) is 0 Å². The van der Waals surface area contributed by atoms with Gasteiger partial charge < -0.3 is 4.98 Å². The molecule has 16 heavy (non-hydrogen) atoms. The molecule has 0 aliphatic carbocycles. The predicted molar refractivity (Wildman–Crippen MR) is 63.7 cm³/mol. The van der Waals surface area contributed by atoms with E-state index in [9.17, 15) is 0 Å². The van der Waals surface area contributed by atoms with E-state index >= 15 is 0 Å². The van der Waals surface area contributed by atoms with Crippen LogP contribution >= 0.6 is 0 Å². The summed E-state index contributed by atoms with van der Waals surface area (Å²) in [5.74, 6) is 6.43. The van der Waals surface area contributed by atoms with E-state index in [0.717, 1.165) is 11.4 Å². The highest BCUT2D eigenvalue weighted by molar-refractivity contribution is 5.35. The maximum atomic E-state index is 5.60. The molecule has 0 aliphatic heterocycles. The zero-order valence-corrected chi connectivity index (χ0v) is 9.49. The molecule has 1 aromatic heterocycles. The number of aromatic amines is 1. The van der Waals surface area contributed by atoms with Crippen molar-refractivity contribution in [1.82, 2.24) is 15.4 Å². The Morgan fingerprint density at radius 2 is 2.19 bits per heavy atom. The first kappa shape index (κ1) is 10.9. The van der Waals surface area contributed by atoms with Gasteiger partial charge in [-0.3, -0.25) is 5.84 Å². The van der Waals surface area contributed by atoms with Crippen molar-refractivity contribution >= 4 is 0 Å². The lowest BCUT2D eigenvalue weighted by Gasteiger charge is -2.17. The third kappa shape index (κ3) is 1.98. The summed E-state index contributed by atoms with van der Waals surface area (Å²) in [4.78, 5) is 7.32. The maximum Gasteiger partial charge on any atom is 0.129 e. The minimum absolute atomic E-state index is 0.0881. The van der Waals surface area contributed by atoms with Gasteiger partial charge in [-0.25, -0.2) is 10.4 Å². The number of imidazole rings is 1. The van der Waals surface area contributed by atoms with E-state index in [4.69, 9.17) is 5.84 Å². The molecular weight excluding hydrogens is 200 g/mol. The summed E-state index contributed by atoms with van der Waals surface area (Å²) < 4.78 is 0. The molecule has 4 nitrogen and oxygen atoms in total. The molecule has 4 heteroatoms. The molecule has 0 saturated heterocycles. The number of nitrogens with zero attached hydrogens (tertiary/aromatic N) is 1. The molecule has 1 unspecified atom stereocenters. The Labute approximate surface area is 94.9 Å². The largest absolute Gasteiger partial charge is 0.347 e. The number of rotatable bonds is 3. The monoisotopic (exact) mass is 216 g/mol. The molecule has 0 bridgehead atoms. The summed E-state index contributed by atoms with van der Waals surface area (Å²) in [5, 5.41) is 0. The molecule has 1 heterocycles. The number of H-pyrrole nitrogens is 1. The van der Waals surface area contributed by atoms with Gasteiger partial charge in [-0.2, -0.15) is 0 Å². The first-order chi connectivity index (χ1) is 7.72. The third-order valence-electron chi connectivity index (χ3n) is 2.71. The van der Waals surface area contributed by atoms with Crippen molar-refractivity contribution in [3.63, 3.8) is 0 Å². The minimum atomic E-state index is -0.0881. The first-order valence-corrected chi connectivity index (χ1v) is 5.25.